The Labute approximate surface area is 197 Å². The Kier molecular flexibility index (Phi) is 9.64. The molecule has 0 spiro atoms. The van der Waals surface area contributed by atoms with E-state index in [4.69, 9.17) is 14.2 Å². The molecule has 0 atom stereocenters. The van der Waals surface area contributed by atoms with Crippen LogP contribution in [0.15, 0.2) is 52.4 Å². The van der Waals surface area contributed by atoms with Crippen molar-refractivity contribution in [1.29, 1.82) is 0 Å². The second kappa shape index (κ2) is 12.7. The molecule has 32 heavy (non-hydrogen) atoms. The van der Waals surface area contributed by atoms with Gasteiger partial charge in [0.15, 0.2) is 4.80 Å². The average Bonchev–Trinajstić information content (AvgIpc) is 3.13. The largest absolute Gasteiger partial charge is 0.497 e. The molecule has 172 valence electrons. The van der Waals surface area contributed by atoms with Crippen molar-refractivity contribution in [3.63, 3.8) is 0 Å². The topological polar surface area (TPSA) is 62.1 Å². The van der Waals surface area contributed by atoms with E-state index in [2.05, 4.69) is 9.56 Å². The number of hydrogen-bond donors (Lipinski definition) is 0. The van der Waals surface area contributed by atoms with Crippen molar-refractivity contribution in [3.05, 3.63) is 47.3 Å². The van der Waals surface area contributed by atoms with Gasteiger partial charge >= 0.3 is 0 Å². The van der Waals surface area contributed by atoms with Gasteiger partial charge in [-0.15, -0.1) is 11.8 Å². The molecule has 1 aromatic heterocycles. The molecule has 1 heterocycles. The third-order valence-electron chi connectivity index (χ3n) is 4.71. The lowest BCUT2D eigenvalue weighted by Crippen LogP contribution is -2.19. The number of nitrogens with zero attached hydrogens (tertiary/aromatic N) is 2. The first-order valence-electron chi connectivity index (χ1n) is 10.8. The van der Waals surface area contributed by atoms with Crippen molar-refractivity contribution in [2.75, 3.05) is 32.7 Å². The number of amides is 1. The molecule has 0 saturated heterocycles. The van der Waals surface area contributed by atoms with Crippen LogP contribution in [0.3, 0.4) is 0 Å². The fraction of sp³-hybridized carbons (Fsp3) is 0.417. The molecule has 0 radical (unpaired) electrons. The zero-order valence-corrected chi connectivity index (χ0v) is 20.5. The Bertz CT molecular complexity index is 1070. The van der Waals surface area contributed by atoms with Gasteiger partial charge in [-0.05, 0) is 68.5 Å². The quantitative estimate of drug-likeness (QED) is 0.268. The average molecular weight is 475 g/mol. The first kappa shape index (κ1) is 24.4. The summed E-state index contributed by atoms with van der Waals surface area (Å²) >= 11 is 3.24. The number of aromatic nitrogens is 1. The molecule has 0 aliphatic rings. The molecule has 1 amide bonds. The molecule has 0 fully saturated rings. The van der Waals surface area contributed by atoms with Crippen LogP contribution in [0, 0.1) is 0 Å². The predicted molar refractivity (Wildman–Crippen MR) is 131 cm³/mol. The minimum atomic E-state index is -0.0953. The lowest BCUT2D eigenvalue weighted by molar-refractivity contribution is -0.118. The zero-order chi connectivity index (χ0) is 22.8. The minimum absolute atomic E-state index is 0.0953. The number of benzene rings is 2. The van der Waals surface area contributed by atoms with Gasteiger partial charge in [0.05, 0.1) is 30.5 Å². The summed E-state index contributed by atoms with van der Waals surface area (Å²) in [6.45, 7) is 6.45. The highest BCUT2D eigenvalue weighted by Gasteiger charge is 2.10. The number of thiazole rings is 1. The number of methoxy groups -OCH3 is 1. The maximum Gasteiger partial charge on any atom is 0.248 e. The van der Waals surface area contributed by atoms with Crippen LogP contribution in [0.5, 0.6) is 11.5 Å². The second-order valence-electron chi connectivity index (χ2n) is 6.93. The highest BCUT2D eigenvalue weighted by Crippen LogP contribution is 2.24. The summed E-state index contributed by atoms with van der Waals surface area (Å²) in [5.41, 5.74) is 1.04. The van der Waals surface area contributed by atoms with Gasteiger partial charge in [-0.25, -0.2) is 0 Å². The van der Waals surface area contributed by atoms with E-state index in [1.54, 1.807) is 18.9 Å². The molecule has 8 heteroatoms. The van der Waals surface area contributed by atoms with Gasteiger partial charge in [-0.1, -0.05) is 11.3 Å². The van der Waals surface area contributed by atoms with E-state index in [0.717, 1.165) is 33.9 Å². The number of rotatable bonds is 12. The highest BCUT2D eigenvalue weighted by molar-refractivity contribution is 7.99. The van der Waals surface area contributed by atoms with Gasteiger partial charge in [0.2, 0.25) is 5.91 Å². The van der Waals surface area contributed by atoms with Gasteiger partial charge in [0.25, 0.3) is 0 Å². The summed E-state index contributed by atoms with van der Waals surface area (Å²) in [6.07, 6.45) is 1.20. The maximum atomic E-state index is 12.6. The molecule has 0 saturated carbocycles. The first-order chi connectivity index (χ1) is 15.6. The summed E-state index contributed by atoms with van der Waals surface area (Å²) in [7, 11) is 1.66. The monoisotopic (exact) mass is 474 g/mol. The van der Waals surface area contributed by atoms with Gasteiger partial charge in [-0.2, -0.15) is 4.99 Å². The van der Waals surface area contributed by atoms with Crippen LogP contribution in [0.1, 0.15) is 26.7 Å². The van der Waals surface area contributed by atoms with E-state index < -0.39 is 0 Å². The van der Waals surface area contributed by atoms with Crippen LogP contribution in [0.25, 0.3) is 10.2 Å². The Hall–Kier alpha value is -2.29. The molecular weight excluding hydrogens is 444 g/mol. The number of fused-ring (bicyclic) bond motifs is 1. The molecule has 3 aromatic rings. The van der Waals surface area contributed by atoms with E-state index in [1.165, 1.54) is 16.2 Å². The molecular formula is C24H30N2O4S2. The Morgan fingerprint density at radius 2 is 1.88 bits per heavy atom. The van der Waals surface area contributed by atoms with Crippen LogP contribution in [-0.2, 0) is 16.1 Å². The number of carbonyl (C=O) groups excluding carboxylic acids is 1. The number of thioether (sulfide) groups is 1. The first-order valence-corrected chi connectivity index (χ1v) is 12.6. The standard InChI is InChI=1S/C24H30N2O4S2/c1-4-29-15-14-26-21-13-10-19(30-5-2)17-22(21)32-24(26)25-23(27)7-6-16-31-20-11-8-18(28-3)9-12-20/h8-13,17H,4-7,14-16H2,1-3H3. The van der Waals surface area contributed by atoms with Crippen molar-refractivity contribution in [2.24, 2.45) is 4.99 Å². The number of ether oxygens (including phenoxy) is 3. The Morgan fingerprint density at radius 1 is 1.09 bits per heavy atom. The third kappa shape index (κ3) is 6.85. The molecule has 3 rings (SSSR count). The SMILES string of the molecule is CCOCCn1c(=NC(=O)CCCSc2ccc(OC)cc2)sc2cc(OCC)ccc21. The van der Waals surface area contributed by atoms with Crippen LogP contribution < -0.4 is 14.3 Å². The van der Waals surface area contributed by atoms with Crippen LogP contribution in [0.2, 0.25) is 0 Å². The van der Waals surface area contributed by atoms with Crippen molar-refractivity contribution < 1.29 is 19.0 Å². The van der Waals surface area contributed by atoms with E-state index in [9.17, 15) is 4.79 Å². The van der Waals surface area contributed by atoms with Crippen molar-refractivity contribution in [3.8, 4) is 11.5 Å². The lowest BCUT2D eigenvalue weighted by Gasteiger charge is -2.06. The summed E-state index contributed by atoms with van der Waals surface area (Å²) < 4.78 is 19.5. The van der Waals surface area contributed by atoms with Crippen LogP contribution in [0.4, 0.5) is 0 Å². The molecule has 0 N–H and O–H groups in total. The molecule has 0 aliphatic heterocycles. The lowest BCUT2D eigenvalue weighted by atomic mass is 10.3. The molecule has 0 bridgehead atoms. The van der Waals surface area contributed by atoms with Crippen molar-refractivity contribution in [1.82, 2.24) is 4.57 Å². The molecule has 0 aliphatic carbocycles. The third-order valence-corrected chi connectivity index (χ3v) is 6.85. The fourth-order valence-electron chi connectivity index (χ4n) is 3.16. The van der Waals surface area contributed by atoms with Crippen molar-refractivity contribution >= 4 is 39.2 Å². The Morgan fingerprint density at radius 3 is 2.59 bits per heavy atom. The summed E-state index contributed by atoms with van der Waals surface area (Å²) in [5, 5.41) is 0. The smallest absolute Gasteiger partial charge is 0.248 e. The number of carbonyl (C=O) groups is 1. The fourth-order valence-corrected chi connectivity index (χ4v) is 5.11. The zero-order valence-electron chi connectivity index (χ0n) is 18.8. The molecule has 2 aromatic carbocycles. The minimum Gasteiger partial charge on any atom is -0.497 e. The second-order valence-corrected chi connectivity index (χ2v) is 9.11. The van der Waals surface area contributed by atoms with Crippen LogP contribution in [-0.4, -0.2) is 43.2 Å². The number of hydrogen-bond acceptors (Lipinski definition) is 6. The highest BCUT2D eigenvalue weighted by atomic mass is 32.2. The van der Waals surface area contributed by atoms with Crippen LogP contribution >= 0.6 is 23.1 Å². The van der Waals surface area contributed by atoms with Gasteiger partial charge in [0.1, 0.15) is 11.5 Å². The van der Waals surface area contributed by atoms with Gasteiger partial charge < -0.3 is 18.8 Å². The summed E-state index contributed by atoms with van der Waals surface area (Å²) in [6, 6.07) is 13.9. The van der Waals surface area contributed by atoms with E-state index in [-0.39, 0.29) is 5.91 Å². The molecule has 0 unspecified atom stereocenters. The maximum absolute atomic E-state index is 12.6. The van der Waals surface area contributed by atoms with Crippen molar-refractivity contribution in [2.45, 2.75) is 38.1 Å². The summed E-state index contributed by atoms with van der Waals surface area (Å²) in [5.74, 6) is 2.44. The predicted octanol–water partition coefficient (Wildman–Crippen LogP) is 5.15. The summed E-state index contributed by atoms with van der Waals surface area (Å²) in [4.78, 5) is 18.9. The normalized spacial score (nSPS) is 11.8. The van der Waals surface area contributed by atoms with Gasteiger partial charge in [0, 0.05) is 24.5 Å². The Balaban J connectivity index is 1.67. The molecule has 6 nitrogen and oxygen atoms in total. The van der Waals surface area contributed by atoms with E-state index in [1.807, 2.05) is 56.3 Å². The van der Waals surface area contributed by atoms with E-state index in [0.29, 0.717) is 37.6 Å². The van der Waals surface area contributed by atoms with E-state index >= 15 is 0 Å². The van der Waals surface area contributed by atoms with Gasteiger partial charge in [-0.3, -0.25) is 4.79 Å².